The molecule has 0 saturated heterocycles. The molecule has 0 atom stereocenters. The van der Waals surface area contributed by atoms with E-state index in [1.165, 1.54) is 0 Å². The molecule has 0 bridgehead atoms. The fourth-order valence-corrected chi connectivity index (χ4v) is 1.80. The summed E-state index contributed by atoms with van der Waals surface area (Å²) in [5.74, 6) is 0. The molecular formula is C10H20N2NiO4S4. The number of aliphatic hydroxyl groups is 4. The van der Waals surface area contributed by atoms with Gasteiger partial charge in [-0.2, -0.15) is 0 Å². The van der Waals surface area contributed by atoms with Crippen molar-refractivity contribution in [2.75, 3.05) is 52.6 Å². The molecule has 4 N–H and O–H groups in total. The first kappa shape index (κ1) is 26.5. The first-order chi connectivity index (χ1) is 9.44. The summed E-state index contributed by atoms with van der Waals surface area (Å²) in [6, 6.07) is 0. The molecule has 0 aliphatic heterocycles. The van der Waals surface area contributed by atoms with Crippen molar-refractivity contribution in [1.29, 1.82) is 0 Å². The summed E-state index contributed by atoms with van der Waals surface area (Å²) in [6.45, 7) is 1.67. The summed E-state index contributed by atoms with van der Waals surface area (Å²) in [5, 5.41) is 33.9. The SMILES string of the molecule is OCCN(CCO)C(=S)[S-].OCCN(CCO)C(=S)[S-].[Ni+2]. The molecule has 0 saturated carbocycles. The predicted molar refractivity (Wildman–Crippen MR) is 91.4 cm³/mol. The summed E-state index contributed by atoms with van der Waals surface area (Å²) < 4.78 is 0.589. The standard InChI is InChI=1S/2C5H11NO2S2.Ni/c2*7-3-1-6(2-4-8)5(9)10;/h2*7-8H,1-4H2,(H,9,10);/q;;+2/p-2. The first-order valence-electron chi connectivity index (χ1n) is 5.79. The van der Waals surface area contributed by atoms with Crippen LogP contribution < -0.4 is 0 Å². The van der Waals surface area contributed by atoms with Crippen molar-refractivity contribution in [3.8, 4) is 0 Å². The Morgan fingerprint density at radius 1 is 0.667 bits per heavy atom. The minimum atomic E-state index is 0. The fraction of sp³-hybridized carbons (Fsp3) is 0.800. The van der Waals surface area contributed by atoms with Crippen molar-refractivity contribution in [3.05, 3.63) is 0 Å². The Balaban J connectivity index is -0.000000295. The molecule has 0 unspecified atom stereocenters. The van der Waals surface area contributed by atoms with Gasteiger partial charge >= 0.3 is 16.5 Å². The van der Waals surface area contributed by atoms with E-state index >= 15 is 0 Å². The maximum absolute atomic E-state index is 8.48. The molecule has 21 heavy (non-hydrogen) atoms. The van der Waals surface area contributed by atoms with Crippen molar-refractivity contribution in [2.24, 2.45) is 0 Å². The molecule has 0 heterocycles. The van der Waals surface area contributed by atoms with Crippen LogP contribution in [0.3, 0.4) is 0 Å². The molecule has 0 amide bonds. The summed E-state index contributed by atoms with van der Waals surface area (Å²) in [4.78, 5) is 3.15. The van der Waals surface area contributed by atoms with Gasteiger partial charge in [0.1, 0.15) is 0 Å². The second kappa shape index (κ2) is 18.6. The molecular weight excluding hydrogens is 399 g/mol. The van der Waals surface area contributed by atoms with Crippen molar-refractivity contribution >= 4 is 58.3 Å². The van der Waals surface area contributed by atoms with Gasteiger partial charge in [-0.15, -0.1) is 0 Å². The minimum absolute atomic E-state index is 0. The molecule has 0 aliphatic rings. The Morgan fingerprint density at radius 2 is 0.857 bits per heavy atom. The Bertz CT molecular complexity index is 239. The monoisotopic (exact) mass is 418 g/mol. The average Bonchev–Trinajstić information content (AvgIpc) is 2.38. The molecule has 0 aliphatic carbocycles. The molecule has 6 nitrogen and oxygen atoms in total. The van der Waals surface area contributed by atoms with Crippen molar-refractivity contribution in [3.63, 3.8) is 0 Å². The number of hydrogen-bond donors (Lipinski definition) is 4. The van der Waals surface area contributed by atoms with Crippen molar-refractivity contribution in [1.82, 2.24) is 9.80 Å². The minimum Gasteiger partial charge on any atom is -0.411 e. The van der Waals surface area contributed by atoms with E-state index in [1.807, 2.05) is 0 Å². The third-order valence-corrected chi connectivity index (χ3v) is 3.03. The van der Waals surface area contributed by atoms with Gasteiger partial charge in [0.2, 0.25) is 0 Å². The normalized spacial score (nSPS) is 8.95. The van der Waals surface area contributed by atoms with E-state index in [9.17, 15) is 0 Å². The van der Waals surface area contributed by atoms with Crippen LogP contribution in [0.15, 0.2) is 0 Å². The third kappa shape index (κ3) is 16.7. The summed E-state index contributed by atoms with van der Waals surface area (Å²) >= 11 is 18.7. The van der Waals surface area contributed by atoms with Gasteiger partial charge in [0, 0.05) is 26.2 Å². The van der Waals surface area contributed by atoms with Crippen LogP contribution in [0.25, 0.3) is 0 Å². The number of nitrogens with zero attached hydrogens (tertiary/aromatic N) is 2. The maximum Gasteiger partial charge on any atom is 2.00 e. The first-order valence-corrected chi connectivity index (χ1v) is 7.43. The summed E-state index contributed by atoms with van der Waals surface area (Å²) in [5.41, 5.74) is 0. The van der Waals surface area contributed by atoms with Crippen LogP contribution in [-0.4, -0.2) is 91.5 Å². The number of thiocarbonyl (C=S) groups is 2. The van der Waals surface area contributed by atoms with E-state index in [2.05, 4.69) is 49.7 Å². The smallest absolute Gasteiger partial charge is 0.411 e. The molecule has 0 radical (unpaired) electrons. The Kier molecular flexibility index (Phi) is 23.4. The number of hydrogen-bond acceptors (Lipinski definition) is 8. The van der Waals surface area contributed by atoms with Gasteiger partial charge in [0.25, 0.3) is 0 Å². The Morgan fingerprint density at radius 3 is 0.952 bits per heavy atom. The van der Waals surface area contributed by atoms with Gasteiger partial charge in [-0.1, -0.05) is 8.64 Å². The second-order valence-corrected chi connectivity index (χ2v) is 5.46. The van der Waals surface area contributed by atoms with Crippen LogP contribution in [-0.2, 0) is 41.7 Å². The molecule has 0 spiro atoms. The largest absolute Gasteiger partial charge is 2.00 e. The number of aliphatic hydroxyl groups excluding tert-OH is 4. The van der Waals surface area contributed by atoms with E-state index in [0.717, 1.165) is 0 Å². The van der Waals surface area contributed by atoms with E-state index in [1.54, 1.807) is 9.80 Å². The molecule has 0 rings (SSSR count). The topological polar surface area (TPSA) is 87.4 Å². The maximum atomic E-state index is 8.48. The zero-order valence-electron chi connectivity index (χ0n) is 11.3. The van der Waals surface area contributed by atoms with Gasteiger partial charge in [0.05, 0.1) is 26.4 Å². The van der Waals surface area contributed by atoms with Gasteiger partial charge in [-0.05, 0) is 0 Å². The fourth-order valence-electron chi connectivity index (χ4n) is 1.07. The quantitative estimate of drug-likeness (QED) is 0.206. The predicted octanol–water partition coefficient (Wildman–Crippen LogP) is -1.79. The Labute approximate surface area is 157 Å². The van der Waals surface area contributed by atoms with E-state index in [0.29, 0.717) is 34.8 Å². The average molecular weight is 419 g/mol. The molecule has 11 heteroatoms. The van der Waals surface area contributed by atoms with Crippen LogP contribution in [0, 0.1) is 0 Å². The van der Waals surface area contributed by atoms with Gasteiger partial charge in [-0.3, -0.25) is 0 Å². The summed E-state index contributed by atoms with van der Waals surface area (Å²) in [7, 11) is 0. The molecule has 0 aromatic carbocycles. The van der Waals surface area contributed by atoms with E-state index in [-0.39, 0.29) is 42.9 Å². The van der Waals surface area contributed by atoms with E-state index in [4.69, 9.17) is 20.4 Å². The zero-order chi connectivity index (χ0) is 16.0. The second-order valence-electron chi connectivity index (χ2n) is 3.40. The van der Waals surface area contributed by atoms with Gasteiger partial charge < -0.3 is 79.9 Å². The molecule has 0 fully saturated rings. The van der Waals surface area contributed by atoms with Crippen LogP contribution >= 0.6 is 24.4 Å². The summed E-state index contributed by atoms with van der Waals surface area (Å²) in [6.07, 6.45) is 0. The van der Waals surface area contributed by atoms with Crippen molar-refractivity contribution < 1.29 is 36.9 Å². The zero-order valence-corrected chi connectivity index (χ0v) is 15.5. The van der Waals surface area contributed by atoms with Crippen LogP contribution in [0.1, 0.15) is 0 Å². The van der Waals surface area contributed by atoms with Crippen LogP contribution in [0.4, 0.5) is 0 Å². The molecule has 128 valence electrons. The third-order valence-electron chi connectivity index (χ3n) is 2.00. The van der Waals surface area contributed by atoms with Crippen LogP contribution in [0.2, 0.25) is 0 Å². The number of rotatable bonds is 8. The van der Waals surface area contributed by atoms with Crippen LogP contribution in [0.5, 0.6) is 0 Å². The van der Waals surface area contributed by atoms with Gasteiger partial charge in [-0.25, -0.2) is 0 Å². The van der Waals surface area contributed by atoms with Crippen molar-refractivity contribution in [2.45, 2.75) is 0 Å². The molecule has 0 aromatic rings. The molecule has 0 aromatic heterocycles. The van der Waals surface area contributed by atoms with E-state index < -0.39 is 0 Å². The Hall–Kier alpha value is 0.554. The van der Waals surface area contributed by atoms with Gasteiger partial charge in [0.15, 0.2) is 0 Å².